The lowest BCUT2D eigenvalue weighted by Crippen LogP contribution is -2.34. The predicted molar refractivity (Wildman–Crippen MR) is 78.8 cm³/mol. The second-order valence-corrected chi connectivity index (χ2v) is 5.20. The number of hydrogen-bond donors (Lipinski definition) is 2. The molecule has 19 heavy (non-hydrogen) atoms. The number of hydrogen-bond acceptors (Lipinski definition) is 2. The van der Waals surface area contributed by atoms with Crippen molar-refractivity contribution in [3.8, 4) is 5.75 Å². The zero-order valence-corrected chi connectivity index (χ0v) is 12.3. The average Bonchev–Trinajstić information content (AvgIpc) is 2.36. The van der Waals surface area contributed by atoms with E-state index in [1.807, 2.05) is 0 Å². The molecule has 1 atom stereocenters. The summed E-state index contributed by atoms with van der Waals surface area (Å²) in [7, 11) is 0. The number of halogens is 1. The van der Waals surface area contributed by atoms with Gasteiger partial charge >= 0.3 is 0 Å². The topological polar surface area (TPSA) is 49.3 Å². The molecule has 0 aromatic heterocycles. The molecule has 1 aromatic carbocycles. The zero-order valence-electron chi connectivity index (χ0n) is 11.6. The van der Waals surface area contributed by atoms with Gasteiger partial charge in [-0.05, 0) is 31.0 Å². The highest BCUT2D eigenvalue weighted by Crippen LogP contribution is 2.22. The van der Waals surface area contributed by atoms with Crippen LogP contribution < -0.4 is 5.32 Å². The molecule has 4 heteroatoms. The number of benzene rings is 1. The number of carbonyl (C=O) groups excluding carboxylic acids is 1. The van der Waals surface area contributed by atoms with Gasteiger partial charge in [0.05, 0.1) is 5.56 Å². The standard InChI is InChI=1S/C15H22ClNO2/c1-3-5-7-12(6-4-2)17-15(19)13-9-8-11(16)10-14(13)18/h8-10,12,18H,3-7H2,1-2H3,(H,17,19). The summed E-state index contributed by atoms with van der Waals surface area (Å²) in [6, 6.07) is 4.72. The van der Waals surface area contributed by atoms with Crippen molar-refractivity contribution in [1.29, 1.82) is 0 Å². The Bertz CT molecular complexity index is 421. The smallest absolute Gasteiger partial charge is 0.255 e. The van der Waals surface area contributed by atoms with Gasteiger partial charge in [0.1, 0.15) is 5.75 Å². The molecule has 1 aromatic rings. The van der Waals surface area contributed by atoms with E-state index >= 15 is 0 Å². The molecule has 2 N–H and O–H groups in total. The molecular weight excluding hydrogens is 262 g/mol. The van der Waals surface area contributed by atoms with Gasteiger partial charge in [-0.1, -0.05) is 44.7 Å². The second-order valence-electron chi connectivity index (χ2n) is 4.76. The molecule has 1 rings (SSSR count). The fourth-order valence-corrected chi connectivity index (χ4v) is 2.21. The molecule has 0 radical (unpaired) electrons. The van der Waals surface area contributed by atoms with E-state index in [0.29, 0.717) is 5.02 Å². The predicted octanol–water partition coefficient (Wildman–Crippen LogP) is 4.13. The van der Waals surface area contributed by atoms with Crippen molar-refractivity contribution in [1.82, 2.24) is 5.32 Å². The fraction of sp³-hybridized carbons (Fsp3) is 0.533. The van der Waals surface area contributed by atoms with Crippen LogP contribution in [0.3, 0.4) is 0 Å². The van der Waals surface area contributed by atoms with Gasteiger partial charge in [0.25, 0.3) is 5.91 Å². The largest absolute Gasteiger partial charge is 0.507 e. The van der Waals surface area contributed by atoms with Crippen molar-refractivity contribution >= 4 is 17.5 Å². The van der Waals surface area contributed by atoms with Crippen LogP contribution in [0.15, 0.2) is 18.2 Å². The monoisotopic (exact) mass is 283 g/mol. The lowest BCUT2D eigenvalue weighted by molar-refractivity contribution is 0.0929. The molecule has 0 saturated heterocycles. The Labute approximate surface area is 120 Å². The minimum absolute atomic E-state index is 0.0734. The van der Waals surface area contributed by atoms with Gasteiger partial charge in [-0.2, -0.15) is 0 Å². The molecule has 1 unspecified atom stereocenters. The Morgan fingerprint density at radius 3 is 2.63 bits per heavy atom. The normalized spacial score (nSPS) is 12.2. The number of carbonyl (C=O) groups is 1. The van der Waals surface area contributed by atoms with Crippen molar-refractivity contribution in [2.24, 2.45) is 0 Å². The fourth-order valence-electron chi connectivity index (χ4n) is 2.05. The maximum atomic E-state index is 12.1. The van der Waals surface area contributed by atoms with Crippen LogP contribution in [-0.2, 0) is 0 Å². The zero-order chi connectivity index (χ0) is 14.3. The Morgan fingerprint density at radius 2 is 2.05 bits per heavy atom. The van der Waals surface area contributed by atoms with Crippen molar-refractivity contribution in [2.75, 3.05) is 0 Å². The second kappa shape index (κ2) is 8.05. The Kier molecular flexibility index (Phi) is 6.71. The first kappa shape index (κ1) is 15.8. The lowest BCUT2D eigenvalue weighted by atomic mass is 10.0. The maximum absolute atomic E-state index is 12.1. The molecular formula is C15H22ClNO2. The Balaban J connectivity index is 2.69. The lowest BCUT2D eigenvalue weighted by Gasteiger charge is -2.18. The quantitative estimate of drug-likeness (QED) is 0.790. The van der Waals surface area contributed by atoms with E-state index in [4.69, 9.17) is 11.6 Å². The van der Waals surface area contributed by atoms with Crippen LogP contribution in [-0.4, -0.2) is 17.1 Å². The summed E-state index contributed by atoms with van der Waals surface area (Å²) in [4.78, 5) is 12.1. The molecule has 0 aliphatic rings. The van der Waals surface area contributed by atoms with E-state index in [2.05, 4.69) is 19.2 Å². The number of rotatable bonds is 7. The highest BCUT2D eigenvalue weighted by Gasteiger charge is 2.15. The minimum atomic E-state index is -0.233. The van der Waals surface area contributed by atoms with Crippen LogP contribution in [0.4, 0.5) is 0 Å². The molecule has 3 nitrogen and oxygen atoms in total. The van der Waals surface area contributed by atoms with Crippen LogP contribution in [0.5, 0.6) is 5.75 Å². The van der Waals surface area contributed by atoms with E-state index < -0.39 is 0 Å². The van der Waals surface area contributed by atoms with Crippen LogP contribution in [0.2, 0.25) is 5.02 Å². The maximum Gasteiger partial charge on any atom is 0.255 e. The van der Waals surface area contributed by atoms with Gasteiger partial charge in [0.15, 0.2) is 0 Å². The van der Waals surface area contributed by atoms with Gasteiger partial charge in [0.2, 0.25) is 0 Å². The summed E-state index contributed by atoms with van der Waals surface area (Å²) < 4.78 is 0. The molecule has 0 spiro atoms. The molecule has 0 saturated carbocycles. The summed E-state index contributed by atoms with van der Waals surface area (Å²) in [5.41, 5.74) is 0.280. The van der Waals surface area contributed by atoms with E-state index in [1.54, 1.807) is 12.1 Å². The SMILES string of the molecule is CCCCC(CCC)NC(=O)c1ccc(Cl)cc1O. The molecule has 0 fully saturated rings. The van der Waals surface area contributed by atoms with Gasteiger partial charge in [-0.25, -0.2) is 0 Å². The third-order valence-electron chi connectivity index (χ3n) is 3.08. The van der Waals surface area contributed by atoms with Gasteiger partial charge in [-0.3, -0.25) is 4.79 Å². The first-order valence-corrected chi connectivity index (χ1v) is 7.25. The average molecular weight is 284 g/mol. The van der Waals surface area contributed by atoms with Gasteiger partial charge < -0.3 is 10.4 Å². The summed E-state index contributed by atoms with van der Waals surface area (Å²) in [6.07, 6.45) is 5.17. The van der Waals surface area contributed by atoms with Crippen molar-refractivity contribution in [3.05, 3.63) is 28.8 Å². The first-order chi connectivity index (χ1) is 9.08. The van der Waals surface area contributed by atoms with Crippen LogP contribution >= 0.6 is 11.6 Å². The van der Waals surface area contributed by atoms with Crippen molar-refractivity contribution in [3.63, 3.8) is 0 Å². The number of unbranched alkanes of at least 4 members (excludes halogenated alkanes) is 1. The molecule has 1 amide bonds. The third-order valence-corrected chi connectivity index (χ3v) is 3.32. The van der Waals surface area contributed by atoms with E-state index in [9.17, 15) is 9.90 Å². The van der Waals surface area contributed by atoms with Crippen LogP contribution in [0.1, 0.15) is 56.3 Å². The number of phenols is 1. The van der Waals surface area contributed by atoms with Gasteiger partial charge in [-0.15, -0.1) is 0 Å². The summed E-state index contributed by atoms with van der Waals surface area (Å²) in [6.45, 7) is 4.24. The number of nitrogens with one attached hydrogen (secondary N) is 1. The molecule has 0 aliphatic heterocycles. The Hall–Kier alpha value is -1.22. The summed E-state index contributed by atoms with van der Waals surface area (Å²) in [5.74, 6) is -0.306. The van der Waals surface area contributed by atoms with Crippen LogP contribution in [0, 0.1) is 0 Å². The van der Waals surface area contributed by atoms with Crippen molar-refractivity contribution < 1.29 is 9.90 Å². The number of aromatic hydroxyl groups is 1. The van der Waals surface area contributed by atoms with Gasteiger partial charge in [0, 0.05) is 11.1 Å². The van der Waals surface area contributed by atoms with E-state index in [1.165, 1.54) is 6.07 Å². The minimum Gasteiger partial charge on any atom is -0.507 e. The number of amides is 1. The highest BCUT2D eigenvalue weighted by molar-refractivity contribution is 6.30. The molecule has 106 valence electrons. The van der Waals surface area contributed by atoms with E-state index in [-0.39, 0.29) is 23.3 Å². The molecule has 0 bridgehead atoms. The molecule has 0 heterocycles. The number of phenolic OH excluding ortho intramolecular Hbond substituents is 1. The highest BCUT2D eigenvalue weighted by atomic mass is 35.5. The Morgan fingerprint density at radius 1 is 1.32 bits per heavy atom. The van der Waals surface area contributed by atoms with Crippen LogP contribution in [0.25, 0.3) is 0 Å². The summed E-state index contributed by atoms with van der Waals surface area (Å²) in [5, 5.41) is 13.1. The third kappa shape index (κ3) is 5.11. The van der Waals surface area contributed by atoms with Crippen molar-refractivity contribution in [2.45, 2.75) is 52.0 Å². The summed E-state index contributed by atoms with van der Waals surface area (Å²) >= 11 is 5.75. The first-order valence-electron chi connectivity index (χ1n) is 6.87. The molecule has 0 aliphatic carbocycles. The van der Waals surface area contributed by atoms with E-state index in [0.717, 1.165) is 32.1 Å².